The summed E-state index contributed by atoms with van der Waals surface area (Å²) in [5, 5.41) is 9.39. The summed E-state index contributed by atoms with van der Waals surface area (Å²) in [6.07, 6.45) is 33.0. The highest BCUT2D eigenvalue weighted by molar-refractivity contribution is 5.29. The van der Waals surface area contributed by atoms with E-state index in [-0.39, 0.29) is 12.1 Å². The van der Waals surface area contributed by atoms with E-state index in [9.17, 15) is 5.11 Å². The zero-order chi connectivity index (χ0) is 47.3. The lowest BCUT2D eigenvalue weighted by atomic mass is 9.83. The van der Waals surface area contributed by atoms with Gasteiger partial charge in [-0.15, -0.1) is 6.58 Å². The summed E-state index contributed by atoms with van der Waals surface area (Å²) in [7, 11) is 0. The van der Waals surface area contributed by atoms with E-state index in [2.05, 4.69) is 158 Å². The van der Waals surface area contributed by atoms with Crippen molar-refractivity contribution in [2.24, 2.45) is 41.4 Å². The van der Waals surface area contributed by atoms with Crippen LogP contribution in [0.3, 0.4) is 0 Å². The second-order valence-corrected chi connectivity index (χ2v) is 18.7. The highest BCUT2D eigenvalue weighted by Gasteiger charge is 2.29. The molecule has 1 rings (SSSR count). The molecule has 0 aromatic rings. The molecule has 0 amide bonds. The van der Waals surface area contributed by atoms with Crippen molar-refractivity contribution in [1.82, 2.24) is 4.90 Å². The van der Waals surface area contributed by atoms with Crippen LogP contribution >= 0.6 is 0 Å². The Morgan fingerprint density at radius 1 is 0.754 bits per heavy atom. The number of allylic oxidation sites excluding steroid dienone is 9. The Bertz CT molecular complexity index is 1230. The zero-order valence-corrected chi connectivity index (χ0v) is 43.9. The number of hydrogen-bond acceptors (Lipinski definition) is 3. The first-order valence-corrected chi connectivity index (χ1v) is 25.3. The predicted molar refractivity (Wildman–Crippen MR) is 279 cm³/mol. The van der Waals surface area contributed by atoms with Gasteiger partial charge in [0, 0.05) is 12.2 Å². The molecular weight excluding hydrogens is 743 g/mol. The zero-order valence-electron chi connectivity index (χ0n) is 43.9. The Kier molecular flexibility index (Phi) is 41.4. The van der Waals surface area contributed by atoms with E-state index in [1.807, 2.05) is 26.8 Å². The summed E-state index contributed by atoms with van der Waals surface area (Å²) >= 11 is 0. The Morgan fingerprint density at radius 3 is 1.92 bits per heavy atom. The van der Waals surface area contributed by atoms with Gasteiger partial charge in [0.2, 0.25) is 0 Å². The van der Waals surface area contributed by atoms with Crippen LogP contribution in [-0.2, 0) is 4.74 Å². The predicted octanol–water partition coefficient (Wildman–Crippen LogP) is 18.2. The minimum atomic E-state index is -0.232. The van der Waals surface area contributed by atoms with Gasteiger partial charge in [-0.1, -0.05) is 196 Å². The average Bonchev–Trinajstić information content (AvgIpc) is 3.25. The van der Waals surface area contributed by atoms with Crippen molar-refractivity contribution < 1.29 is 9.84 Å². The molecule has 8 unspecified atom stereocenters. The summed E-state index contributed by atoms with van der Waals surface area (Å²) in [6, 6.07) is 0.239. The maximum absolute atomic E-state index is 9.39. The molecule has 0 aliphatic carbocycles. The Labute approximate surface area is 384 Å². The Balaban J connectivity index is -0.000000904. The van der Waals surface area contributed by atoms with Gasteiger partial charge in [-0.2, -0.15) is 0 Å². The van der Waals surface area contributed by atoms with Crippen LogP contribution < -0.4 is 0 Å². The molecule has 1 N–H and O–H groups in total. The van der Waals surface area contributed by atoms with E-state index in [0.29, 0.717) is 29.6 Å². The maximum atomic E-state index is 9.39. The van der Waals surface area contributed by atoms with Crippen molar-refractivity contribution in [3.63, 3.8) is 0 Å². The third-order valence-electron chi connectivity index (χ3n) is 12.6. The Hall–Kier alpha value is -2.52. The van der Waals surface area contributed by atoms with Crippen LogP contribution in [0.2, 0.25) is 0 Å². The van der Waals surface area contributed by atoms with Crippen LogP contribution in [0.25, 0.3) is 0 Å². The highest BCUT2D eigenvalue weighted by atomic mass is 16.5. The monoisotopic (exact) mass is 850 g/mol. The van der Waals surface area contributed by atoms with Crippen LogP contribution in [-0.4, -0.2) is 35.3 Å². The summed E-state index contributed by atoms with van der Waals surface area (Å²) < 4.78 is 5.86. The van der Waals surface area contributed by atoms with Gasteiger partial charge >= 0.3 is 0 Å². The lowest BCUT2D eigenvalue weighted by Gasteiger charge is -2.41. The molecule has 1 fully saturated rings. The van der Waals surface area contributed by atoms with Gasteiger partial charge in [0.25, 0.3) is 0 Å². The first kappa shape index (κ1) is 62.8. The molecular formula is C58H107NO2. The molecule has 1 aliphatic heterocycles. The number of ether oxygens (including phenoxy) is 1. The normalized spacial score (nSPS) is 18.0. The standard InChI is InChI=1S/C24H41NO.C24H42O.C8H18.C2H6/c1-9-17-26-23(8)24-13-11-12-16-25(24)22(7)21(6)20(5)19(4)15-14-18(3)10-2;1-8-19(2)12-10-9-11-13-20(3)18-21(4)14-15-22(5)23(6)16-17-24(7)25;1-4-6-8(3)7-5-2;1-2/h10,18-20,24H,2,6-9,11-17H2,1,3-5H3;9-13,16,20-22,24-25H,8,14-15,17-18H2,1-7H3;8H,4-7H2,1-3H3;1-2H3/b;10-9+,13-11+,19-12+,23-16+;;. The Morgan fingerprint density at radius 2 is 1.38 bits per heavy atom. The third kappa shape index (κ3) is 32.8. The number of likely N-dealkylation sites (tertiary alicyclic amines) is 1. The molecule has 61 heavy (non-hydrogen) atoms. The number of aliphatic hydroxyl groups is 1. The largest absolute Gasteiger partial charge is 0.496 e. The molecule has 0 radical (unpaired) electrons. The van der Waals surface area contributed by atoms with Gasteiger partial charge in [-0.25, -0.2) is 0 Å². The summed E-state index contributed by atoms with van der Waals surface area (Å²) in [4.78, 5) is 2.39. The SMILES string of the molecule is C=CC(C)CCC(C)C(C)C(=C)C(=C)N1CCCCC1C(=C)OCCC.CC.CC/C(C)=C/C=C/C=C/C(C)CC(C)CCC(C)/C(C)=C/CC(C)O.CCCC(C)CCC. The lowest BCUT2D eigenvalue weighted by molar-refractivity contribution is 0.121. The minimum Gasteiger partial charge on any atom is -0.496 e. The van der Waals surface area contributed by atoms with Gasteiger partial charge in [-0.05, 0) is 132 Å². The molecule has 1 saturated heterocycles. The molecule has 1 aliphatic rings. The van der Waals surface area contributed by atoms with Gasteiger partial charge in [0.05, 0.1) is 18.8 Å². The summed E-state index contributed by atoms with van der Waals surface area (Å²) in [5.41, 5.74) is 5.07. The van der Waals surface area contributed by atoms with Crippen LogP contribution in [0.5, 0.6) is 0 Å². The van der Waals surface area contributed by atoms with Gasteiger partial charge in [0.1, 0.15) is 5.76 Å². The van der Waals surface area contributed by atoms with Crippen LogP contribution in [0.4, 0.5) is 0 Å². The maximum Gasteiger partial charge on any atom is 0.111 e. The van der Waals surface area contributed by atoms with E-state index < -0.39 is 0 Å². The van der Waals surface area contributed by atoms with E-state index in [1.54, 1.807) is 0 Å². The van der Waals surface area contributed by atoms with Gasteiger partial charge in [0.15, 0.2) is 0 Å². The smallest absolute Gasteiger partial charge is 0.111 e. The highest BCUT2D eigenvalue weighted by Crippen LogP contribution is 2.34. The molecule has 3 heteroatoms. The minimum absolute atomic E-state index is 0.232. The quantitative estimate of drug-likeness (QED) is 0.0484. The van der Waals surface area contributed by atoms with E-state index in [4.69, 9.17) is 4.74 Å². The average molecular weight is 850 g/mol. The fourth-order valence-electron chi connectivity index (χ4n) is 7.54. The van der Waals surface area contributed by atoms with Crippen LogP contribution in [0.15, 0.2) is 97.0 Å². The second-order valence-electron chi connectivity index (χ2n) is 18.7. The third-order valence-corrected chi connectivity index (χ3v) is 12.6. The van der Waals surface area contributed by atoms with Crippen molar-refractivity contribution >= 4 is 0 Å². The topological polar surface area (TPSA) is 32.7 Å². The molecule has 356 valence electrons. The number of hydrogen-bond donors (Lipinski definition) is 1. The molecule has 0 aromatic carbocycles. The molecule has 8 atom stereocenters. The fourth-order valence-corrected chi connectivity index (χ4v) is 7.54. The molecule has 0 aromatic heterocycles. The van der Waals surface area contributed by atoms with Crippen molar-refractivity contribution in [2.45, 2.75) is 219 Å². The molecule has 0 spiro atoms. The second kappa shape index (κ2) is 40.3. The van der Waals surface area contributed by atoms with Gasteiger partial charge in [-0.3, -0.25) is 0 Å². The van der Waals surface area contributed by atoms with Crippen LogP contribution in [0, 0.1) is 41.4 Å². The van der Waals surface area contributed by atoms with Crippen molar-refractivity contribution in [3.05, 3.63) is 97.0 Å². The van der Waals surface area contributed by atoms with E-state index in [0.717, 1.165) is 62.1 Å². The fraction of sp³-hybridized carbons (Fsp3) is 0.724. The molecule has 1 heterocycles. The molecule has 0 bridgehead atoms. The number of rotatable bonds is 28. The van der Waals surface area contributed by atoms with E-state index >= 15 is 0 Å². The summed E-state index contributed by atoms with van der Waals surface area (Å²) in [5.74, 6) is 5.42. The number of nitrogens with zero attached hydrogens (tertiary/aromatic N) is 1. The first-order valence-electron chi connectivity index (χ1n) is 25.3. The van der Waals surface area contributed by atoms with Crippen LogP contribution in [0.1, 0.15) is 207 Å². The van der Waals surface area contributed by atoms with Crippen molar-refractivity contribution in [3.8, 4) is 0 Å². The van der Waals surface area contributed by atoms with Gasteiger partial charge < -0.3 is 14.7 Å². The number of aliphatic hydroxyl groups excluding tert-OH is 1. The van der Waals surface area contributed by atoms with Crippen molar-refractivity contribution in [1.29, 1.82) is 0 Å². The number of piperidine rings is 1. The van der Waals surface area contributed by atoms with E-state index in [1.165, 1.54) is 87.3 Å². The molecule has 3 nitrogen and oxygen atoms in total. The summed E-state index contributed by atoms with van der Waals surface area (Å²) in [6.45, 7) is 53.9. The molecule has 0 saturated carbocycles. The lowest BCUT2D eigenvalue weighted by Crippen LogP contribution is -2.41. The first-order chi connectivity index (χ1) is 28.9. The van der Waals surface area contributed by atoms with Crippen molar-refractivity contribution in [2.75, 3.05) is 13.2 Å².